The van der Waals surface area contributed by atoms with E-state index in [1.165, 1.54) is 4.90 Å². The van der Waals surface area contributed by atoms with Gasteiger partial charge in [0.05, 0.1) is 6.04 Å². The summed E-state index contributed by atoms with van der Waals surface area (Å²) in [6.07, 6.45) is 2.41. The van der Waals surface area contributed by atoms with E-state index in [2.05, 4.69) is 15.3 Å². The summed E-state index contributed by atoms with van der Waals surface area (Å²) in [5.41, 5.74) is 0. The second kappa shape index (κ2) is 3.49. The number of likely N-dealkylation sites (tertiary alicyclic amines) is 1. The van der Waals surface area contributed by atoms with Crippen LogP contribution >= 0.6 is 0 Å². The Morgan fingerprint density at radius 3 is 2.71 bits per heavy atom. The number of carbonyl (C=O) groups is 1. The van der Waals surface area contributed by atoms with E-state index in [1.54, 1.807) is 18.5 Å². The quantitative estimate of drug-likeness (QED) is 0.705. The monoisotopic (exact) mass is 194 g/mol. The molecule has 6 heteroatoms. The summed E-state index contributed by atoms with van der Waals surface area (Å²) in [7, 11) is 0. The van der Waals surface area contributed by atoms with Crippen LogP contribution in [0.3, 0.4) is 0 Å². The summed E-state index contributed by atoms with van der Waals surface area (Å²) in [5.74, 6) is 0.544. The van der Waals surface area contributed by atoms with Crippen LogP contribution in [0, 0.1) is 0 Å². The minimum atomic E-state index is -0.878. The molecule has 6 nitrogen and oxygen atoms in total. The van der Waals surface area contributed by atoms with Gasteiger partial charge in [-0.2, -0.15) is 0 Å². The maximum atomic E-state index is 10.4. The molecule has 1 aliphatic rings. The summed E-state index contributed by atoms with van der Waals surface area (Å²) < 4.78 is 0. The fourth-order valence-corrected chi connectivity index (χ4v) is 1.28. The summed E-state index contributed by atoms with van der Waals surface area (Å²) in [5, 5.41) is 11.6. The van der Waals surface area contributed by atoms with Crippen LogP contribution in [0.4, 0.5) is 10.7 Å². The first kappa shape index (κ1) is 8.74. The summed E-state index contributed by atoms with van der Waals surface area (Å²) in [4.78, 5) is 19.7. The topological polar surface area (TPSA) is 78.4 Å². The number of hydrogen-bond acceptors (Lipinski definition) is 4. The van der Waals surface area contributed by atoms with Crippen molar-refractivity contribution in [3.05, 3.63) is 18.5 Å². The smallest absolute Gasteiger partial charge is 0.407 e. The molecule has 1 amide bonds. The lowest BCUT2D eigenvalue weighted by molar-refractivity contribution is 0.111. The Kier molecular flexibility index (Phi) is 2.18. The lowest BCUT2D eigenvalue weighted by Gasteiger charge is -2.37. The number of aromatic nitrogens is 2. The zero-order valence-corrected chi connectivity index (χ0v) is 7.42. The Labute approximate surface area is 80.6 Å². The molecule has 1 aromatic rings. The van der Waals surface area contributed by atoms with Gasteiger partial charge in [-0.15, -0.1) is 0 Å². The predicted molar refractivity (Wildman–Crippen MR) is 49.0 cm³/mol. The molecule has 0 saturated carbocycles. The molecule has 0 bridgehead atoms. The van der Waals surface area contributed by atoms with Crippen molar-refractivity contribution in [1.29, 1.82) is 0 Å². The molecular weight excluding hydrogens is 184 g/mol. The molecular formula is C8H10N4O2. The number of anilines is 1. The van der Waals surface area contributed by atoms with Crippen LogP contribution in [-0.2, 0) is 0 Å². The summed E-state index contributed by atoms with van der Waals surface area (Å²) in [6, 6.07) is 1.86. The van der Waals surface area contributed by atoms with Gasteiger partial charge in [-0.3, -0.25) is 0 Å². The molecule has 0 aromatic carbocycles. The van der Waals surface area contributed by atoms with Gasteiger partial charge in [0.25, 0.3) is 0 Å². The third-order valence-electron chi connectivity index (χ3n) is 2.05. The van der Waals surface area contributed by atoms with Crippen molar-refractivity contribution >= 4 is 12.0 Å². The van der Waals surface area contributed by atoms with Crippen LogP contribution in [0.15, 0.2) is 18.5 Å². The van der Waals surface area contributed by atoms with Gasteiger partial charge in [0.15, 0.2) is 0 Å². The van der Waals surface area contributed by atoms with E-state index >= 15 is 0 Å². The first-order chi connectivity index (χ1) is 6.75. The van der Waals surface area contributed by atoms with Gasteiger partial charge in [-0.05, 0) is 6.07 Å². The molecule has 1 fully saturated rings. The van der Waals surface area contributed by atoms with Crippen molar-refractivity contribution in [2.24, 2.45) is 0 Å². The van der Waals surface area contributed by atoms with Gasteiger partial charge in [0, 0.05) is 25.5 Å². The zero-order valence-electron chi connectivity index (χ0n) is 7.42. The zero-order chi connectivity index (χ0) is 9.97. The highest BCUT2D eigenvalue weighted by Crippen LogP contribution is 2.11. The summed E-state index contributed by atoms with van der Waals surface area (Å²) >= 11 is 0. The standard InChI is InChI=1S/C8H10N4O2/c13-8(14)12-4-6(5-12)11-7-9-2-1-3-10-7/h1-3,6H,4-5H2,(H,13,14)(H,9,10,11). The second-order valence-electron chi connectivity index (χ2n) is 3.10. The fraction of sp³-hybridized carbons (Fsp3) is 0.375. The second-order valence-corrected chi connectivity index (χ2v) is 3.10. The van der Waals surface area contributed by atoms with Crippen LogP contribution < -0.4 is 5.32 Å². The molecule has 0 unspecified atom stereocenters. The Balaban J connectivity index is 1.82. The highest BCUT2D eigenvalue weighted by atomic mass is 16.4. The number of rotatable bonds is 2. The minimum absolute atomic E-state index is 0.133. The van der Waals surface area contributed by atoms with E-state index in [0.29, 0.717) is 19.0 Å². The molecule has 0 spiro atoms. The van der Waals surface area contributed by atoms with Gasteiger partial charge in [0.2, 0.25) is 5.95 Å². The highest BCUT2D eigenvalue weighted by molar-refractivity contribution is 5.66. The van der Waals surface area contributed by atoms with Gasteiger partial charge in [-0.1, -0.05) is 0 Å². The molecule has 2 N–H and O–H groups in total. The molecule has 74 valence electrons. The lowest BCUT2D eigenvalue weighted by Crippen LogP contribution is -2.56. The molecule has 0 aliphatic carbocycles. The van der Waals surface area contributed by atoms with Crippen molar-refractivity contribution in [1.82, 2.24) is 14.9 Å². The Bertz CT molecular complexity index is 323. The number of carboxylic acid groups (broad SMARTS) is 1. The third-order valence-corrected chi connectivity index (χ3v) is 2.05. The number of amides is 1. The van der Waals surface area contributed by atoms with Crippen LogP contribution in [-0.4, -0.2) is 45.2 Å². The largest absolute Gasteiger partial charge is 0.465 e. The maximum Gasteiger partial charge on any atom is 0.407 e. The number of nitrogens with zero attached hydrogens (tertiary/aromatic N) is 3. The highest BCUT2D eigenvalue weighted by Gasteiger charge is 2.30. The lowest BCUT2D eigenvalue weighted by atomic mass is 10.1. The van der Waals surface area contributed by atoms with Crippen LogP contribution in [0.2, 0.25) is 0 Å². The first-order valence-corrected chi connectivity index (χ1v) is 4.27. The molecule has 1 aromatic heterocycles. The molecule has 1 saturated heterocycles. The van der Waals surface area contributed by atoms with E-state index in [4.69, 9.17) is 5.11 Å². The molecule has 0 atom stereocenters. The molecule has 14 heavy (non-hydrogen) atoms. The van der Waals surface area contributed by atoms with E-state index in [0.717, 1.165) is 0 Å². The predicted octanol–water partition coefficient (Wildman–Crippen LogP) is 0.251. The van der Waals surface area contributed by atoms with E-state index in [1.807, 2.05) is 0 Å². The van der Waals surface area contributed by atoms with Crippen molar-refractivity contribution < 1.29 is 9.90 Å². The number of nitrogens with one attached hydrogen (secondary N) is 1. The van der Waals surface area contributed by atoms with Crippen LogP contribution in [0.5, 0.6) is 0 Å². The average Bonchev–Trinajstić information content (AvgIpc) is 2.12. The maximum absolute atomic E-state index is 10.4. The van der Waals surface area contributed by atoms with Crippen LogP contribution in [0.1, 0.15) is 0 Å². The minimum Gasteiger partial charge on any atom is -0.465 e. The van der Waals surface area contributed by atoms with Gasteiger partial charge in [-0.25, -0.2) is 14.8 Å². The van der Waals surface area contributed by atoms with Crippen molar-refractivity contribution in [3.8, 4) is 0 Å². The number of hydrogen-bond donors (Lipinski definition) is 2. The SMILES string of the molecule is O=C(O)N1CC(Nc2ncccn2)C1. The Hall–Kier alpha value is -1.85. The van der Waals surface area contributed by atoms with E-state index in [9.17, 15) is 4.79 Å². The van der Waals surface area contributed by atoms with Gasteiger partial charge < -0.3 is 15.3 Å². The van der Waals surface area contributed by atoms with Gasteiger partial charge in [0.1, 0.15) is 0 Å². The average molecular weight is 194 g/mol. The molecule has 2 heterocycles. The van der Waals surface area contributed by atoms with Gasteiger partial charge >= 0.3 is 6.09 Å². The first-order valence-electron chi connectivity index (χ1n) is 4.27. The normalized spacial score (nSPS) is 16.1. The van der Waals surface area contributed by atoms with Crippen molar-refractivity contribution in [3.63, 3.8) is 0 Å². The Morgan fingerprint density at radius 2 is 2.14 bits per heavy atom. The summed E-state index contributed by atoms with van der Waals surface area (Å²) in [6.45, 7) is 0.987. The van der Waals surface area contributed by atoms with E-state index in [-0.39, 0.29) is 6.04 Å². The Morgan fingerprint density at radius 1 is 1.50 bits per heavy atom. The fourth-order valence-electron chi connectivity index (χ4n) is 1.28. The third kappa shape index (κ3) is 1.73. The van der Waals surface area contributed by atoms with E-state index < -0.39 is 6.09 Å². The molecule has 0 radical (unpaired) electrons. The molecule has 1 aliphatic heterocycles. The van der Waals surface area contributed by atoms with Crippen molar-refractivity contribution in [2.45, 2.75) is 6.04 Å². The van der Waals surface area contributed by atoms with Crippen LogP contribution in [0.25, 0.3) is 0 Å². The molecule has 2 rings (SSSR count). The van der Waals surface area contributed by atoms with Crippen molar-refractivity contribution in [2.75, 3.05) is 18.4 Å².